The van der Waals surface area contributed by atoms with E-state index in [4.69, 9.17) is 9.47 Å². The molecule has 0 saturated carbocycles. The number of ether oxygens (including phenoxy) is 2. The maximum Gasteiger partial charge on any atom is 0.327 e. The third kappa shape index (κ3) is 2.39. The SMILES string of the molecule is CNC(C(=O)OC)c1ccc(OC)c2ccccc12. The number of likely N-dealkylation sites (N-methyl/N-ethyl adjacent to an activating group) is 1. The Hall–Kier alpha value is -2.07. The molecule has 0 amide bonds. The highest BCUT2D eigenvalue weighted by atomic mass is 16.5. The smallest absolute Gasteiger partial charge is 0.327 e. The Bertz CT molecular complexity index is 595. The number of hydrogen-bond acceptors (Lipinski definition) is 4. The van der Waals surface area contributed by atoms with Crippen molar-refractivity contribution in [3.05, 3.63) is 42.0 Å². The van der Waals surface area contributed by atoms with Crippen molar-refractivity contribution in [3.8, 4) is 5.75 Å². The van der Waals surface area contributed by atoms with Gasteiger partial charge in [-0.05, 0) is 24.1 Å². The molecule has 19 heavy (non-hydrogen) atoms. The van der Waals surface area contributed by atoms with Crippen LogP contribution in [0.5, 0.6) is 5.75 Å². The molecule has 1 N–H and O–H groups in total. The van der Waals surface area contributed by atoms with Crippen molar-refractivity contribution in [1.29, 1.82) is 0 Å². The molecule has 0 spiro atoms. The number of methoxy groups -OCH3 is 2. The molecule has 0 radical (unpaired) electrons. The first-order valence-electron chi connectivity index (χ1n) is 6.03. The van der Waals surface area contributed by atoms with Gasteiger partial charge >= 0.3 is 5.97 Å². The van der Waals surface area contributed by atoms with Gasteiger partial charge in [-0.25, -0.2) is 4.79 Å². The summed E-state index contributed by atoms with van der Waals surface area (Å²) in [5.41, 5.74) is 0.880. The highest BCUT2D eigenvalue weighted by Gasteiger charge is 2.22. The molecule has 0 aliphatic carbocycles. The minimum atomic E-state index is -0.485. The van der Waals surface area contributed by atoms with Crippen LogP contribution in [-0.4, -0.2) is 27.2 Å². The topological polar surface area (TPSA) is 47.6 Å². The van der Waals surface area contributed by atoms with E-state index in [1.165, 1.54) is 7.11 Å². The van der Waals surface area contributed by atoms with E-state index in [2.05, 4.69) is 5.32 Å². The Balaban J connectivity index is 2.64. The third-order valence-corrected chi connectivity index (χ3v) is 3.17. The first kappa shape index (κ1) is 13.4. The van der Waals surface area contributed by atoms with Crippen LogP contribution in [0.1, 0.15) is 11.6 Å². The van der Waals surface area contributed by atoms with Gasteiger partial charge in [-0.15, -0.1) is 0 Å². The van der Waals surface area contributed by atoms with Crippen LogP contribution < -0.4 is 10.1 Å². The molecule has 0 aliphatic heterocycles. The summed E-state index contributed by atoms with van der Waals surface area (Å²) in [6.45, 7) is 0. The fraction of sp³-hybridized carbons (Fsp3) is 0.267. The van der Waals surface area contributed by atoms with Gasteiger partial charge in [0.1, 0.15) is 11.8 Å². The van der Waals surface area contributed by atoms with E-state index in [0.717, 1.165) is 22.1 Å². The molecule has 0 aliphatic rings. The lowest BCUT2D eigenvalue weighted by Crippen LogP contribution is -2.26. The molecule has 0 fully saturated rings. The number of nitrogens with one attached hydrogen (secondary N) is 1. The van der Waals surface area contributed by atoms with E-state index in [1.807, 2.05) is 36.4 Å². The van der Waals surface area contributed by atoms with Crippen LogP contribution >= 0.6 is 0 Å². The normalized spacial score (nSPS) is 12.2. The predicted octanol–water partition coefficient (Wildman–Crippen LogP) is 2.28. The van der Waals surface area contributed by atoms with Crippen LogP contribution in [0.2, 0.25) is 0 Å². The zero-order valence-corrected chi connectivity index (χ0v) is 11.3. The molecule has 0 aromatic heterocycles. The summed E-state index contributed by atoms with van der Waals surface area (Å²) in [6, 6.07) is 11.1. The molecule has 0 saturated heterocycles. The molecule has 1 atom stereocenters. The van der Waals surface area contributed by atoms with E-state index >= 15 is 0 Å². The fourth-order valence-corrected chi connectivity index (χ4v) is 2.24. The van der Waals surface area contributed by atoms with E-state index in [0.29, 0.717) is 0 Å². The van der Waals surface area contributed by atoms with Gasteiger partial charge in [0.2, 0.25) is 0 Å². The van der Waals surface area contributed by atoms with E-state index < -0.39 is 6.04 Å². The maximum atomic E-state index is 11.8. The standard InChI is InChI=1S/C15H17NO3/c1-16-14(15(17)19-3)12-8-9-13(18-2)11-7-5-4-6-10(11)12/h4-9,14,16H,1-3H3. The zero-order chi connectivity index (χ0) is 13.8. The number of fused-ring (bicyclic) bond motifs is 1. The summed E-state index contributed by atoms with van der Waals surface area (Å²) in [5.74, 6) is 0.483. The Morgan fingerprint density at radius 1 is 1.11 bits per heavy atom. The van der Waals surface area contributed by atoms with Crippen molar-refractivity contribution < 1.29 is 14.3 Å². The summed E-state index contributed by atoms with van der Waals surface area (Å²) in [7, 11) is 4.76. The highest BCUT2D eigenvalue weighted by Crippen LogP contribution is 2.31. The number of esters is 1. The second-order valence-electron chi connectivity index (χ2n) is 4.15. The van der Waals surface area contributed by atoms with Gasteiger partial charge in [0.05, 0.1) is 14.2 Å². The first-order chi connectivity index (χ1) is 9.22. The Morgan fingerprint density at radius 2 is 1.79 bits per heavy atom. The predicted molar refractivity (Wildman–Crippen MR) is 74.3 cm³/mol. The van der Waals surface area contributed by atoms with Crippen LogP contribution in [0.15, 0.2) is 36.4 Å². The molecule has 0 bridgehead atoms. The minimum absolute atomic E-state index is 0.308. The monoisotopic (exact) mass is 259 g/mol. The van der Waals surface area contributed by atoms with Gasteiger partial charge in [0.25, 0.3) is 0 Å². The molecule has 2 rings (SSSR count). The lowest BCUT2D eigenvalue weighted by Gasteiger charge is -2.17. The van der Waals surface area contributed by atoms with Gasteiger partial charge in [0, 0.05) is 5.39 Å². The number of hydrogen-bond donors (Lipinski definition) is 1. The molecule has 2 aromatic rings. The van der Waals surface area contributed by atoms with Crippen LogP contribution in [-0.2, 0) is 9.53 Å². The summed E-state index contributed by atoms with van der Waals surface area (Å²) in [6.07, 6.45) is 0. The first-order valence-corrected chi connectivity index (χ1v) is 6.03. The van der Waals surface area contributed by atoms with Gasteiger partial charge in [-0.2, -0.15) is 0 Å². The van der Waals surface area contributed by atoms with Crippen molar-refractivity contribution in [2.75, 3.05) is 21.3 Å². The molecule has 4 nitrogen and oxygen atoms in total. The molecular weight excluding hydrogens is 242 g/mol. The van der Waals surface area contributed by atoms with Gasteiger partial charge in [0.15, 0.2) is 0 Å². The van der Waals surface area contributed by atoms with Crippen molar-refractivity contribution in [3.63, 3.8) is 0 Å². The third-order valence-electron chi connectivity index (χ3n) is 3.17. The van der Waals surface area contributed by atoms with E-state index in [9.17, 15) is 4.79 Å². The van der Waals surface area contributed by atoms with E-state index in [-0.39, 0.29) is 5.97 Å². The Kier molecular flexibility index (Phi) is 4.02. The molecule has 100 valence electrons. The van der Waals surface area contributed by atoms with Crippen molar-refractivity contribution in [1.82, 2.24) is 5.32 Å². The van der Waals surface area contributed by atoms with E-state index in [1.54, 1.807) is 14.2 Å². The molecule has 2 aromatic carbocycles. The number of benzene rings is 2. The average molecular weight is 259 g/mol. The van der Waals surface area contributed by atoms with Crippen molar-refractivity contribution in [2.24, 2.45) is 0 Å². The summed E-state index contributed by atoms with van der Waals surface area (Å²) >= 11 is 0. The molecule has 1 unspecified atom stereocenters. The van der Waals surface area contributed by atoms with Gasteiger partial charge in [-0.1, -0.05) is 30.3 Å². The fourth-order valence-electron chi connectivity index (χ4n) is 2.24. The summed E-state index contributed by atoms with van der Waals surface area (Å²) in [4.78, 5) is 11.8. The van der Waals surface area contributed by atoms with Crippen LogP contribution in [0, 0.1) is 0 Å². The van der Waals surface area contributed by atoms with Crippen molar-refractivity contribution in [2.45, 2.75) is 6.04 Å². The molecule has 0 heterocycles. The Labute approximate surface area is 112 Å². The zero-order valence-electron chi connectivity index (χ0n) is 11.3. The quantitative estimate of drug-likeness (QED) is 0.856. The second kappa shape index (κ2) is 5.71. The number of rotatable bonds is 4. The Morgan fingerprint density at radius 3 is 2.37 bits per heavy atom. The van der Waals surface area contributed by atoms with Crippen LogP contribution in [0.4, 0.5) is 0 Å². The van der Waals surface area contributed by atoms with Gasteiger partial charge in [-0.3, -0.25) is 0 Å². The minimum Gasteiger partial charge on any atom is -0.496 e. The highest BCUT2D eigenvalue weighted by molar-refractivity contribution is 5.94. The lowest BCUT2D eigenvalue weighted by atomic mass is 9.98. The number of carbonyl (C=O) groups excluding carboxylic acids is 1. The average Bonchev–Trinajstić information content (AvgIpc) is 2.47. The summed E-state index contributed by atoms with van der Waals surface area (Å²) in [5, 5.41) is 4.94. The molecule has 4 heteroatoms. The lowest BCUT2D eigenvalue weighted by molar-refractivity contribution is -0.143. The summed E-state index contributed by atoms with van der Waals surface area (Å²) < 4.78 is 10.2. The van der Waals surface area contributed by atoms with Crippen LogP contribution in [0.3, 0.4) is 0 Å². The second-order valence-corrected chi connectivity index (χ2v) is 4.15. The van der Waals surface area contributed by atoms with Crippen molar-refractivity contribution >= 4 is 16.7 Å². The molecular formula is C15H17NO3. The number of carbonyl (C=O) groups is 1. The van der Waals surface area contributed by atoms with Gasteiger partial charge < -0.3 is 14.8 Å². The largest absolute Gasteiger partial charge is 0.496 e. The maximum absolute atomic E-state index is 11.8. The van der Waals surface area contributed by atoms with Crippen LogP contribution in [0.25, 0.3) is 10.8 Å².